The van der Waals surface area contributed by atoms with Crippen LogP contribution in [-0.4, -0.2) is 51.8 Å². The molecule has 6 heteroatoms. The molecule has 0 aliphatic carbocycles. The number of nitrogens with zero attached hydrogens (tertiary/aromatic N) is 1. The first kappa shape index (κ1) is 18.7. The number of carbonyl (C=O) groups excluding carboxylic acids is 1. The maximum absolute atomic E-state index is 12.3. The van der Waals surface area contributed by atoms with Gasteiger partial charge >= 0.3 is 12.0 Å². The summed E-state index contributed by atoms with van der Waals surface area (Å²) in [6.07, 6.45) is 2.02. The Bertz CT molecular complexity index is 314. The molecule has 0 heterocycles. The quantitative estimate of drug-likeness (QED) is 0.603. The molecule has 0 aromatic heterocycles. The average molecular weight is 288 g/mol. The first-order chi connectivity index (χ1) is 9.27. The van der Waals surface area contributed by atoms with Crippen LogP contribution >= 0.6 is 0 Å². The Kier molecular flexibility index (Phi) is 8.22. The highest BCUT2D eigenvalue weighted by molar-refractivity contribution is 5.75. The van der Waals surface area contributed by atoms with Crippen LogP contribution in [0.1, 0.15) is 53.4 Å². The fourth-order valence-electron chi connectivity index (χ4n) is 2.13. The van der Waals surface area contributed by atoms with E-state index in [9.17, 15) is 9.59 Å². The zero-order chi connectivity index (χ0) is 15.8. The highest BCUT2D eigenvalue weighted by atomic mass is 16.4. The predicted molar refractivity (Wildman–Crippen MR) is 77.6 cm³/mol. The van der Waals surface area contributed by atoms with E-state index in [0.29, 0.717) is 6.42 Å². The van der Waals surface area contributed by atoms with Crippen LogP contribution in [0.3, 0.4) is 0 Å². The standard InChI is InChI=1S/C14H28N2O4/c1-5-11(6-2)16(9-10-17)13(20)15-14(3,4)8-7-12(18)19/h11,17H,5-10H2,1-4H3,(H,15,20)(H,18,19). The number of rotatable bonds is 9. The molecule has 0 bridgehead atoms. The first-order valence-corrected chi connectivity index (χ1v) is 7.18. The van der Waals surface area contributed by atoms with Crippen LogP contribution in [0.15, 0.2) is 0 Å². The molecule has 0 fully saturated rings. The SMILES string of the molecule is CCC(CC)N(CCO)C(=O)NC(C)(C)CCC(=O)O. The van der Waals surface area contributed by atoms with Crippen LogP contribution < -0.4 is 5.32 Å². The van der Waals surface area contributed by atoms with E-state index >= 15 is 0 Å². The van der Waals surface area contributed by atoms with Crippen molar-refractivity contribution in [1.29, 1.82) is 0 Å². The molecule has 0 aliphatic heterocycles. The van der Waals surface area contributed by atoms with E-state index in [4.69, 9.17) is 10.2 Å². The molecule has 0 spiro atoms. The molecule has 2 amide bonds. The van der Waals surface area contributed by atoms with Crippen LogP contribution in [0.5, 0.6) is 0 Å². The van der Waals surface area contributed by atoms with E-state index < -0.39 is 11.5 Å². The van der Waals surface area contributed by atoms with Gasteiger partial charge in [0.15, 0.2) is 0 Å². The average Bonchev–Trinajstić information content (AvgIpc) is 2.36. The van der Waals surface area contributed by atoms with Crippen molar-refractivity contribution in [3.05, 3.63) is 0 Å². The second kappa shape index (κ2) is 8.79. The van der Waals surface area contributed by atoms with Crippen molar-refractivity contribution in [2.24, 2.45) is 0 Å². The molecule has 6 nitrogen and oxygen atoms in total. The maximum Gasteiger partial charge on any atom is 0.318 e. The fourth-order valence-corrected chi connectivity index (χ4v) is 2.13. The van der Waals surface area contributed by atoms with Crippen LogP contribution in [0, 0.1) is 0 Å². The van der Waals surface area contributed by atoms with Gasteiger partial charge in [-0.15, -0.1) is 0 Å². The summed E-state index contributed by atoms with van der Waals surface area (Å²) in [5.74, 6) is -0.875. The Hall–Kier alpha value is -1.30. The van der Waals surface area contributed by atoms with Crippen molar-refractivity contribution in [2.75, 3.05) is 13.2 Å². The number of hydrogen-bond acceptors (Lipinski definition) is 3. The largest absolute Gasteiger partial charge is 0.481 e. The molecular formula is C14H28N2O4. The van der Waals surface area contributed by atoms with Gasteiger partial charge in [0.2, 0.25) is 0 Å². The van der Waals surface area contributed by atoms with E-state index in [1.54, 1.807) is 18.7 Å². The van der Waals surface area contributed by atoms with Gasteiger partial charge in [-0.2, -0.15) is 0 Å². The summed E-state index contributed by atoms with van der Waals surface area (Å²) in [6, 6.07) is -0.166. The number of aliphatic carboxylic acids is 1. The van der Waals surface area contributed by atoms with Gasteiger partial charge in [0.25, 0.3) is 0 Å². The smallest absolute Gasteiger partial charge is 0.318 e. The summed E-state index contributed by atoms with van der Waals surface area (Å²) in [5.41, 5.74) is -0.588. The second-order valence-electron chi connectivity index (χ2n) is 5.60. The molecular weight excluding hydrogens is 260 g/mol. The molecule has 0 atom stereocenters. The number of carboxylic acid groups (broad SMARTS) is 1. The van der Waals surface area contributed by atoms with Crippen LogP contribution in [0.25, 0.3) is 0 Å². The molecule has 3 N–H and O–H groups in total. The molecule has 0 radical (unpaired) electrons. The third kappa shape index (κ3) is 6.75. The third-order valence-corrected chi connectivity index (χ3v) is 3.39. The Morgan fingerprint density at radius 2 is 1.80 bits per heavy atom. The van der Waals surface area contributed by atoms with Gasteiger partial charge < -0.3 is 20.4 Å². The number of urea groups is 1. The maximum atomic E-state index is 12.3. The second-order valence-corrected chi connectivity index (χ2v) is 5.60. The van der Waals surface area contributed by atoms with Gasteiger partial charge in [-0.05, 0) is 33.1 Å². The summed E-state index contributed by atoms with van der Waals surface area (Å²) >= 11 is 0. The van der Waals surface area contributed by atoms with E-state index in [0.717, 1.165) is 12.8 Å². The minimum absolute atomic E-state index is 0.0122. The van der Waals surface area contributed by atoms with Crippen molar-refractivity contribution < 1.29 is 19.8 Å². The van der Waals surface area contributed by atoms with Gasteiger partial charge in [0, 0.05) is 24.5 Å². The van der Waals surface area contributed by atoms with E-state index in [-0.39, 0.29) is 31.6 Å². The first-order valence-electron chi connectivity index (χ1n) is 7.18. The zero-order valence-corrected chi connectivity index (χ0v) is 13.0. The van der Waals surface area contributed by atoms with E-state index in [2.05, 4.69) is 5.32 Å². The number of nitrogens with one attached hydrogen (secondary N) is 1. The lowest BCUT2D eigenvalue weighted by Gasteiger charge is -2.34. The summed E-state index contributed by atoms with van der Waals surface area (Å²) in [6.45, 7) is 7.81. The van der Waals surface area contributed by atoms with Crippen LogP contribution in [0.4, 0.5) is 4.79 Å². The Morgan fingerprint density at radius 1 is 1.25 bits per heavy atom. The summed E-state index contributed by atoms with van der Waals surface area (Å²) in [5, 5.41) is 20.7. The Morgan fingerprint density at radius 3 is 2.20 bits per heavy atom. The van der Waals surface area contributed by atoms with Crippen molar-refractivity contribution in [1.82, 2.24) is 10.2 Å². The van der Waals surface area contributed by atoms with Gasteiger partial charge in [-0.1, -0.05) is 13.8 Å². The zero-order valence-electron chi connectivity index (χ0n) is 13.0. The minimum atomic E-state index is -0.875. The van der Waals surface area contributed by atoms with Crippen LogP contribution in [-0.2, 0) is 4.79 Å². The highest BCUT2D eigenvalue weighted by Crippen LogP contribution is 2.14. The van der Waals surface area contributed by atoms with Crippen LogP contribution in [0.2, 0.25) is 0 Å². The third-order valence-electron chi connectivity index (χ3n) is 3.39. The van der Waals surface area contributed by atoms with Gasteiger partial charge in [0.05, 0.1) is 6.61 Å². The molecule has 0 saturated heterocycles. The predicted octanol–water partition coefficient (Wildman–Crippen LogP) is 1.82. The highest BCUT2D eigenvalue weighted by Gasteiger charge is 2.27. The molecule has 0 saturated carbocycles. The lowest BCUT2D eigenvalue weighted by atomic mass is 9.98. The molecule has 118 valence electrons. The molecule has 0 aromatic carbocycles. The number of aliphatic hydroxyl groups is 1. The fraction of sp³-hybridized carbons (Fsp3) is 0.857. The number of amides is 2. The molecule has 0 rings (SSSR count). The van der Waals surface area contributed by atoms with Crippen molar-refractivity contribution in [3.63, 3.8) is 0 Å². The van der Waals surface area contributed by atoms with Gasteiger partial charge in [0.1, 0.15) is 0 Å². The van der Waals surface area contributed by atoms with Crippen molar-refractivity contribution >= 4 is 12.0 Å². The van der Waals surface area contributed by atoms with Crippen molar-refractivity contribution in [3.8, 4) is 0 Å². The molecule has 0 aromatic rings. The molecule has 20 heavy (non-hydrogen) atoms. The van der Waals surface area contributed by atoms with Crippen molar-refractivity contribution in [2.45, 2.75) is 65.0 Å². The van der Waals surface area contributed by atoms with E-state index in [1.807, 2.05) is 13.8 Å². The minimum Gasteiger partial charge on any atom is -0.481 e. The Balaban J connectivity index is 4.69. The molecule has 0 unspecified atom stereocenters. The van der Waals surface area contributed by atoms with Gasteiger partial charge in [-0.25, -0.2) is 4.79 Å². The normalized spacial score (nSPS) is 11.5. The van der Waals surface area contributed by atoms with E-state index in [1.165, 1.54) is 0 Å². The summed E-state index contributed by atoms with van der Waals surface area (Å²) < 4.78 is 0. The molecule has 0 aliphatic rings. The Labute approximate surface area is 121 Å². The summed E-state index contributed by atoms with van der Waals surface area (Å²) in [7, 11) is 0. The van der Waals surface area contributed by atoms with Gasteiger partial charge in [-0.3, -0.25) is 4.79 Å². The number of hydrogen-bond donors (Lipinski definition) is 3. The lowest BCUT2D eigenvalue weighted by Crippen LogP contribution is -2.53. The number of carbonyl (C=O) groups is 2. The number of aliphatic hydroxyl groups excluding tert-OH is 1. The monoisotopic (exact) mass is 288 g/mol. The lowest BCUT2D eigenvalue weighted by molar-refractivity contribution is -0.137. The topological polar surface area (TPSA) is 89.9 Å². The summed E-state index contributed by atoms with van der Waals surface area (Å²) in [4.78, 5) is 24.5. The number of carboxylic acids is 1.